The Balaban J connectivity index is 2.11. The van der Waals surface area contributed by atoms with Gasteiger partial charge in [-0.05, 0) is 24.1 Å². The van der Waals surface area contributed by atoms with Crippen molar-refractivity contribution in [1.82, 2.24) is 5.32 Å². The average Bonchev–Trinajstić information content (AvgIpc) is 2.40. The van der Waals surface area contributed by atoms with Crippen LogP contribution in [0.25, 0.3) is 0 Å². The molecule has 1 aliphatic rings. The van der Waals surface area contributed by atoms with Crippen molar-refractivity contribution in [3.05, 3.63) is 29.8 Å². The van der Waals surface area contributed by atoms with Gasteiger partial charge in [-0.1, -0.05) is 12.1 Å². The second-order valence-corrected chi connectivity index (χ2v) is 4.08. The molecule has 5 nitrogen and oxygen atoms in total. The SMILES string of the molecule is O=CCCc1ccc(N2CCNC(=O)C2=O)cc1. The van der Waals surface area contributed by atoms with E-state index in [4.69, 9.17) is 0 Å². The zero-order valence-corrected chi connectivity index (χ0v) is 9.89. The number of piperazine rings is 1. The van der Waals surface area contributed by atoms with Crippen LogP contribution in [0, 0.1) is 0 Å². The van der Waals surface area contributed by atoms with Gasteiger partial charge >= 0.3 is 11.8 Å². The van der Waals surface area contributed by atoms with Crippen LogP contribution in [0.15, 0.2) is 24.3 Å². The summed E-state index contributed by atoms with van der Waals surface area (Å²) in [5, 5.41) is 2.50. The molecule has 0 atom stereocenters. The molecule has 0 unspecified atom stereocenters. The molecule has 18 heavy (non-hydrogen) atoms. The van der Waals surface area contributed by atoms with Gasteiger partial charge in [0.2, 0.25) is 0 Å². The van der Waals surface area contributed by atoms with Crippen LogP contribution in [-0.4, -0.2) is 31.2 Å². The van der Waals surface area contributed by atoms with E-state index in [9.17, 15) is 14.4 Å². The number of rotatable bonds is 4. The smallest absolute Gasteiger partial charge is 0.316 e. The van der Waals surface area contributed by atoms with Gasteiger partial charge in [-0.15, -0.1) is 0 Å². The first kappa shape index (κ1) is 12.3. The summed E-state index contributed by atoms with van der Waals surface area (Å²) in [4.78, 5) is 34.6. The lowest BCUT2D eigenvalue weighted by atomic mass is 10.1. The summed E-state index contributed by atoms with van der Waals surface area (Å²) in [7, 11) is 0. The maximum atomic E-state index is 11.7. The average molecular weight is 246 g/mol. The fraction of sp³-hybridized carbons (Fsp3) is 0.308. The fourth-order valence-electron chi connectivity index (χ4n) is 1.90. The first-order valence-electron chi connectivity index (χ1n) is 5.84. The van der Waals surface area contributed by atoms with Crippen molar-refractivity contribution in [3.8, 4) is 0 Å². The van der Waals surface area contributed by atoms with Crippen LogP contribution in [0.4, 0.5) is 5.69 Å². The Kier molecular flexibility index (Phi) is 3.72. The first-order chi connectivity index (χ1) is 8.72. The molecule has 0 spiro atoms. The lowest BCUT2D eigenvalue weighted by Gasteiger charge is -2.26. The largest absolute Gasteiger partial charge is 0.346 e. The zero-order chi connectivity index (χ0) is 13.0. The molecule has 0 bridgehead atoms. The number of anilines is 1. The van der Waals surface area contributed by atoms with Gasteiger partial charge in [-0.25, -0.2) is 0 Å². The quantitative estimate of drug-likeness (QED) is 0.613. The maximum Gasteiger partial charge on any atom is 0.316 e. The molecule has 0 saturated carbocycles. The van der Waals surface area contributed by atoms with Crippen LogP contribution < -0.4 is 10.2 Å². The molecule has 0 radical (unpaired) electrons. The van der Waals surface area contributed by atoms with Crippen molar-refractivity contribution in [2.24, 2.45) is 0 Å². The van der Waals surface area contributed by atoms with Crippen molar-refractivity contribution < 1.29 is 14.4 Å². The number of aryl methyl sites for hydroxylation is 1. The van der Waals surface area contributed by atoms with E-state index in [0.717, 1.165) is 11.8 Å². The fourth-order valence-corrected chi connectivity index (χ4v) is 1.90. The number of carbonyl (C=O) groups excluding carboxylic acids is 3. The highest BCUT2D eigenvalue weighted by Gasteiger charge is 2.26. The highest BCUT2D eigenvalue weighted by molar-refractivity contribution is 6.41. The maximum absolute atomic E-state index is 11.7. The molecule has 1 aliphatic heterocycles. The van der Waals surface area contributed by atoms with E-state index < -0.39 is 11.8 Å². The molecule has 2 amide bonds. The van der Waals surface area contributed by atoms with Crippen LogP contribution in [0.3, 0.4) is 0 Å². The van der Waals surface area contributed by atoms with Crippen molar-refractivity contribution >= 4 is 23.8 Å². The third-order valence-corrected chi connectivity index (χ3v) is 2.86. The summed E-state index contributed by atoms with van der Waals surface area (Å²) < 4.78 is 0. The summed E-state index contributed by atoms with van der Waals surface area (Å²) in [5.41, 5.74) is 1.75. The molecule has 1 fully saturated rings. The van der Waals surface area contributed by atoms with E-state index in [2.05, 4.69) is 5.32 Å². The van der Waals surface area contributed by atoms with E-state index in [1.54, 1.807) is 12.1 Å². The molecule has 0 aromatic heterocycles. The summed E-state index contributed by atoms with van der Waals surface area (Å²) in [6, 6.07) is 7.35. The molecule has 94 valence electrons. The second kappa shape index (κ2) is 5.44. The first-order valence-corrected chi connectivity index (χ1v) is 5.84. The van der Waals surface area contributed by atoms with E-state index in [1.807, 2.05) is 12.1 Å². The van der Waals surface area contributed by atoms with Crippen LogP contribution in [0.5, 0.6) is 0 Å². The Hall–Kier alpha value is -2.17. The number of amides is 2. The monoisotopic (exact) mass is 246 g/mol. The highest BCUT2D eigenvalue weighted by Crippen LogP contribution is 2.17. The zero-order valence-electron chi connectivity index (χ0n) is 9.89. The van der Waals surface area contributed by atoms with Gasteiger partial charge in [0.15, 0.2) is 0 Å². The van der Waals surface area contributed by atoms with Gasteiger partial charge in [-0.2, -0.15) is 0 Å². The molecule has 5 heteroatoms. The summed E-state index contributed by atoms with van der Waals surface area (Å²) >= 11 is 0. The minimum absolute atomic E-state index is 0.470. The Bertz CT molecular complexity index is 468. The standard InChI is InChI=1S/C13H14N2O3/c16-9-1-2-10-3-5-11(6-4-10)15-8-7-14-12(17)13(15)18/h3-6,9H,1-2,7-8H2,(H,14,17). The number of aldehydes is 1. The third-order valence-electron chi connectivity index (χ3n) is 2.86. The summed E-state index contributed by atoms with van der Waals surface area (Å²) in [6.45, 7) is 0.954. The van der Waals surface area contributed by atoms with Gasteiger partial charge in [0.25, 0.3) is 0 Å². The minimum Gasteiger partial charge on any atom is -0.346 e. The Labute approximate surface area is 105 Å². The van der Waals surface area contributed by atoms with Gasteiger partial charge in [0.1, 0.15) is 6.29 Å². The second-order valence-electron chi connectivity index (χ2n) is 4.08. The van der Waals surface area contributed by atoms with Gasteiger partial charge < -0.3 is 15.0 Å². The molecule has 1 N–H and O–H groups in total. The van der Waals surface area contributed by atoms with E-state index in [-0.39, 0.29) is 0 Å². The Morgan fingerprint density at radius 3 is 2.61 bits per heavy atom. The normalized spacial score (nSPS) is 15.4. The number of hydrogen-bond acceptors (Lipinski definition) is 3. The lowest BCUT2D eigenvalue weighted by Crippen LogP contribution is -2.52. The minimum atomic E-state index is -0.564. The topological polar surface area (TPSA) is 66.5 Å². The lowest BCUT2D eigenvalue weighted by molar-refractivity contribution is -0.138. The number of carbonyl (C=O) groups is 3. The van der Waals surface area contributed by atoms with Gasteiger partial charge in [0.05, 0.1) is 0 Å². The molecule has 1 saturated heterocycles. The Morgan fingerprint density at radius 1 is 1.22 bits per heavy atom. The predicted octanol–water partition coefficient (Wildman–Crippen LogP) is 0.281. The van der Waals surface area contributed by atoms with E-state index in [0.29, 0.717) is 31.6 Å². The molecule has 1 heterocycles. The third kappa shape index (κ3) is 2.56. The number of benzene rings is 1. The van der Waals surface area contributed by atoms with Crippen LogP contribution in [0.1, 0.15) is 12.0 Å². The molecular formula is C13H14N2O3. The molecule has 0 aliphatic carbocycles. The van der Waals surface area contributed by atoms with Gasteiger partial charge in [-0.3, -0.25) is 9.59 Å². The predicted molar refractivity (Wildman–Crippen MR) is 66.2 cm³/mol. The van der Waals surface area contributed by atoms with Crippen LogP contribution in [0.2, 0.25) is 0 Å². The summed E-state index contributed by atoms with van der Waals surface area (Å²) in [5.74, 6) is -1.09. The van der Waals surface area contributed by atoms with E-state index in [1.165, 1.54) is 4.90 Å². The number of nitrogens with zero attached hydrogens (tertiary/aromatic N) is 1. The van der Waals surface area contributed by atoms with Crippen molar-refractivity contribution in [1.29, 1.82) is 0 Å². The summed E-state index contributed by atoms with van der Waals surface area (Å²) in [6.07, 6.45) is 2.06. The Morgan fingerprint density at radius 2 is 1.94 bits per heavy atom. The van der Waals surface area contributed by atoms with Crippen LogP contribution >= 0.6 is 0 Å². The number of nitrogens with one attached hydrogen (secondary N) is 1. The molecule has 2 rings (SSSR count). The van der Waals surface area contributed by atoms with Gasteiger partial charge in [0, 0.05) is 25.2 Å². The molecule has 1 aromatic rings. The number of hydrogen-bond donors (Lipinski definition) is 1. The van der Waals surface area contributed by atoms with Crippen molar-refractivity contribution in [2.45, 2.75) is 12.8 Å². The van der Waals surface area contributed by atoms with Crippen molar-refractivity contribution in [3.63, 3.8) is 0 Å². The highest BCUT2D eigenvalue weighted by atomic mass is 16.2. The van der Waals surface area contributed by atoms with Crippen LogP contribution in [-0.2, 0) is 20.8 Å². The molecular weight excluding hydrogens is 232 g/mol. The van der Waals surface area contributed by atoms with Crippen molar-refractivity contribution in [2.75, 3.05) is 18.0 Å². The molecule has 1 aromatic carbocycles. The van der Waals surface area contributed by atoms with E-state index >= 15 is 0 Å².